The van der Waals surface area contributed by atoms with E-state index in [2.05, 4.69) is 21.1 Å². The van der Waals surface area contributed by atoms with Crippen LogP contribution in [0.25, 0.3) is 21.0 Å². The van der Waals surface area contributed by atoms with E-state index in [0.717, 1.165) is 33.1 Å². The highest BCUT2D eigenvalue weighted by Gasteiger charge is 2.29. The Bertz CT molecular complexity index is 1340. The summed E-state index contributed by atoms with van der Waals surface area (Å²) in [4.78, 5) is 19.4. The highest BCUT2D eigenvalue weighted by Crippen LogP contribution is 2.38. The molecular weight excluding hydrogens is 468 g/mol. The fraction of sp³-hybridized carbons (Fsp3) is 0.360. The fourth-order valence-electron chi connectivity index (χ4n) is 4.09. The maximum absolute atomic E-state index is 13.4. The minimum absolute atomic E-state index is 0.0142. The number of carbonyl (C=O) groups is 1. The van der Waals surface area contributed by atoms with Crippen LogP contribution in [0.1, 0.15) is 39.2 Å². The number of rotatable bonds is 6. The number of hydrogen-bond acceptors (Lipinski definition) is 6. The summed E-state index contributed by atoms with van der Waals surface area (Å²) in [5.74, 6) is 0.0142. The highest BCUT2D eigenvalue weighted by atomic mass is 32.2. The quantitative estimate of drug-likeness (QED) is 0.497. The number of carbonyl (C=O) groups excluding carboxylic acids is 1. The zero-order chi connectivity index (χ0) is 24.7. The number of nitrogens with zero attached hydrogens (tertiary/aromatic N) is 2. The van der Waals surface area contributed by atoms with Crippen molar-refractivity contribution >= 4 is 38.6 Å². The molecule has 1 saturated heterocycles. The average molecular weight is 499 g/mol. The fourth-order valence-corrected chi connectivity index (χ4v) is 6.77. The van der Waals surface area contributed by atoms with Crippen molar-refractivity contribution in [2.45, 2.75) is 51.0 Å². The first-order valence-corrected chi connectivity index (χ1v) is 13.5. The summed E-state index contributed by atoms with van der Waals surface area (Å²) >= 11 is 1.44. The molecule has 4 rings (SSSR count). The van der Waals surface area contributed by atoms with Crippen LogP contribution in [0.3, 0.4) is 0 Å². The van der Waals surface area contributed by atoms with Gasteiger partial charge in [-0.2, -0.15) is 0 Å². The zero-order valence-electron chi connectivity index (χ0n) is 20.1. The van der Waals surface area contributed by atoms with Gasteiger partial charge in [0.1, 0.15) is 5.01 Å². The molecule has 2 heterocycles. The molecule has 1 aliphatic rings. The van der Waals surface area contributed by atoms with Gasteiger partial charge in [0.05, 0.1) is 9.77 Å². The van der Waals surface area contributed by atoms with Gasteiger partial charge in [0.15, 0.2) is 0 Å². The molecule has 9 heteroatoms. The van der Waals surface area contributed by atoms with Crippen molar-refractivity contribution in [2.75, 3.05) is 23.8 Å². The molecule has 0 atom stereocenters. The summed E-state index contributed by atoms with van der Waals surface area (Å²) in [7, 11) is -1.97. The first-order valence-electron chi connectivity index (χ1n) is 11.2. The molecule has 0 unspecified atom stereocenters. The third-order valence-corrected chi connectivity index (χ3v) is 8.47. The summed E-state index contributed by atoms with van der Waals surface area (Å²) in [6.07, 6.45) is 2.97. The van der Waals surface area contributed by atoms with Gasteiger partial charge >= 0.3 is 0 Å². The Kier molecular flexibility index (Phi) is 6.54. The van der Waals surface area contributed by atoms with E-state index in [4.69, 9.17) is 0 Å². The number of nitrogens with one attached hydrogen (secondary N) is 2. The van der Waals surface area contributed by atoms with Crippen molar-refractivity contribution in [1.29, 1.82) is 0 Å². The third-order valence-electron chi connectivity index (χ3n) is 5.59. The molecule has 0 aliphatic carbocycles. The summed E-state index contributed by atoms with van der Waals surface area (Å²) in [5, 5.41) is 3.97. The Morgan fingerprint density at radius 3 is 2.50 bits per heavy atom. The number of amides is 1. The molecule has 3 aromatic rings. The normalized spacial score (nSPS) is 14.6. The van der Waals surface area contributed by atoms with E-state index in [1.807, 2.05) is 32.2 Å². The standard InChI is InChI=1S/C25H30N4O3S2/c1-16-13-17(8-11-20(16)26-5)24-27-15-21(33-24)19-10-9-18(29-12-6-7-23(29)30)14-22(19)34(31,32)28-25(2,3)4/h8-11,13-15,26,28H,6-7,12H2,1-5H3. The molecule has 180 valence electrons. The number of sulfonamides is 1. The van der Waals surface area contributed by atoms with Gasteiger partial charge in [-0.15, -0.1) is 11.3 Å². The van der Waals surface area contributed by atoms with E-state index in [-0.39, 0.29) is 10.8 Å². The number of benzene rings is 2. The van der Waals surface area contributed by atoms with Crippen molar-refractivity contribution in [3.8, 4) is 21.0 Å². The van der Waals surface area contributed by atoms with Gasteiger partial charge in [-0.1, -0.05) is 6.07 Å². The van der Waals surface area contributed by atoms with Crippen molar-refractivity contribution in [3.05, 3.63) is 48.2 Å². The van der Waals surface area contributed by atoms with Crippen LogP contribution < -0.4 is 14.9 Å². The molecule has 0 bridgehead atoms. The molecule has 2 aromatic carbocycles. The van der Waals surface area contributed by atoms with Gasteiger partial charge in [-0.25, -0.2) is 18.1 Å². The Labute approximate surface area is 205 Å². The van der Waals surface area contributed by atoms with Gasteiger partial charge in [-0.05, 0) is 70.0 Å². The summed E-state index contributed by atoms with van der Waals surface area (Å²) in [5.41, 5.74) is 3.65. The van der Waals surface area contributed by atoms with Crippen LogP contribution in [0.5, 0.6) is 0 Å². The van der Waals surface area contributed by atoms with Gasteiger partial charge in [0.2, 0.25) is 15.9 Å². The van der Waals surface area contributed by atoms with E-state index in [9.17, 15) is 13.2 Å². The van der Waals surface area contributed by atoms with Crippen molar-refractivity contribution in [2.24, 2.45) is 0 Å². The van der Waals surface area contributed by atoms with Crippen molar-refractivity contribution < 1.29 is 13.2 Å². The molecule has 1 fully saturated rings. The van der Waals surface area contributed by atoms with Crippen molar-refractivity contribution in [1.82, 2.24) is 9.71 Å². The summed E-state index contributed by atoms with van der Waals surface area (Å²) in [6, 6.07) is 11.3. The van der Waals surface area contributed by atoms with Gasteiger partial charge in [-0.3, -0.25) is 4.79 Å². The lowest BCUT2D eigenvalue weighted by Gasteiger charge is -2.23. The first-order chi connectivity index (χ1) is 16.0. The molecule has 1 amide bonds. The van der Waals surface area contributed by atoms with Crippen molar-refractivity contribution in [3.63, 3.8) is 0 Å². The lowest BCUT2D eigenvalue weighted by molar-refractivity contribution is -0.117. The SMILES string of the molecule is CNc1ccc(-c2ncc(-c3ccc(N4CCCC4=O)cc3S(=O)(=O)NC(C)(C)C)s2)cc1C. The lowest BCUT2D eigenvalue weighted by atomic mass is 10.1. The minimum Gasteiger partial charge on any atom is -0.388 e. The van der Waals surface area contributed by atoms with E-state index >= 15 is 0 Å². The number of anilines is 2. The van der Waals surface area contributed by atoms with Crippen LogP contribution in [0.2, 0.25) is 0 Å². The van der Waals surface area contributed by atoms with Crippen LogP contribution in [-0.4, -0.2) is 38.4 Å². The van der Waals surface area contributed by atoms with Crippen LogP contribution >= 0.6 is 11.3 Å². The molecule has 7 nitrogen and oxygen atoms in total. The predicted molar refractivity (Wildman–Crippen MR) is 139 cm³/mol. The van der Waals surface area contributed by atoms with E-state index in [1.165, 1.54) is 11.3 Å². The lowest BCUT2D eigenvalue weighted by Crippen LogP contribution is -2.40. The number of aromatic nitrogens is 1. The average Bonchev–Trinajstić information content (AvgIpc) is 3.41. The molecular formula is C25H30N4O3S2. The Balaban J connectivity index is 1.80. The van der Waals surface area contributed by atoms with E-state index in [1.54, 1.807) is 44.0 Å². The smallest absolute Gasteiger partial charge is 0.241 e. The molecule has 0 radical (unpaired) electrons. The molecule has 1 aromatic heterocycles. The maximum Gasteiger partial charge on any atom is 0.241 e. The van der Waals surface area contributed by atoms with Crippen LogP contribution in [0.15, 0.2) is 47.5 Å². The van der Waals surface area contributed by atoms with Crippen LogP contribution in [0, 0.1) is 6.92 Å². The second kappa shape index (κ2) is 9.13. The monoisotopic (exact) mass is 498 g/mol. The Morgan fingerprint density at radius 2 is 1.88 bits per heavy atom. The molecule has 34 heavy (non-hydrogen) atoms. The topological polar surface area (TPSA) is 91.4 Å². The Morgan fingerprint density at radius 1 is 1.12 bits per heavy atom. The second-order valence-electron chi connectivity index (χ2n) is 9.49. The van der Waals surface area contributed by atoms with Crippen LogP contribution in [0.4, 0.5) is 11.4 Å². The molecule has 0 spiro atoms. The predicted octanol–water partition coefficient (Wildman–Crippen LogP) is 5.03. The van der Waals surface area contributed by atoms with Crippen LogP contribution in [-0.2, 0) is 14.8 Å². The van der Waals surface area contributed by atoms with E-state index in [0.29, 0.717) is 24.2 Å². The number of hydrogen-bond donors (Lipinski definition) is 2. The maximum atomic E-state index is 13.4. The second-order valence-corrected chi connectivity index (χ2v) is 12.2. The van der Waals surface area contributed by atoms with E-state index < -0.39 is 15.6 Å². The summed E-state index contributed by atoms with van der Waals surface area (Å²) in [6.45, 7) is 8.04. The first kappa shape index (κ1) is 24.4. The van der Waals surface area contributed by atoms with Gasteiger partial charge in [0, 0.05) is 54.3 Å². The zero-order valence-corrected chi connectivity index (χ0v) is 21.7. The molecule has 2 N–H and O–H groups in total. The Hall–Kier alpha value is -2.75. The van der Waals surface area contributed by atoms with Gasteiger partial charge in [0.25, 0.3) is 0 Å². The highest BCUT2D eigenvalue weighted by molar-refractivity contribution is 7.89. The molecule has 1 aliphatic heterocycles. The number of thiazole rings is 1. The third kappa shape index (κ3) is 5.01. The summed E-state index contributed by atoms with van der Waals surface area (Å²) < 4.78 is 29.6. The number of aryl methyl sites for hydroxylation is 1. The molecule has 0 saturated carbocycles. The van der Waals surface area contributed by atoms with Gasteiger partial charge < -0.3 is 10.2 Å². The largest absolute Gasteiger partial charge is 0.388 e. The minimum atomic E-state index is -3.85.